The molecule has 3 nitrogen and oxygen atoms in total. The van der Waals surface area contributed by atoms with Crippen LogP contribution in [0.4, 0.5) is 0 Å². The highest BCUT2D eigenvalue weighted by Gasteiger charge is 2.23. The molecule has 1 fully saturated rings. The molecule has 1 saturated heterocycles. The molecule has 1 aliphatic rings. The van der Waals surface area contributed by atoms with E-state index in [4.69, 9.17) is 4.74 Å². The van der Waals surface area contributed by atoms with Gasteiger partial charge in [0, 0.05) is 25.7 Å². The van der Waals surface area contributed by atoms with Crippen molar-refractivity contribution >= 4 is 0 Å². The van der Waals surface area contributed by atoms with Crippen molar-refractivity contribution < 1.29 is 4.74 Å². The lowest BCUT2D eigenvalue weighted by Crippen LogP contribution is -2.47. The van der Waals surface area contributed by atoms with E-state index in [1.54, 1.807) is 0 Å². The van der Waals surface area contributed by atoms with Crippen LogP contribution in [-0.2, 0) is 4.74 Å². The number of nitrogens with one attached hydrogen (secondary N) is 1. The van der Waals surface area contributed by atoms with E-state index >= 15 is 0 Å². The molecule has 2 atom stereocenters. The average Bonchev–Trinajstić information content (AvgIpc) is 2.27. The minimum absolute atomic E-state index is 0.466. The second kappa shape index (κ2) is 7.20. The third-order valence-corrected chi connectivity index (χ3v) is 3.13. The van der Waals surface area contributed by atoms with Gasteiger partial charge in [-0.05, 0) is 39.8 Å². The van der Waals surface area contributed by atoms with Crippen LogP contribution >= 0.6 is 0 Å². The average molecular weight is 214 g/mol. The highest BCUT2D eigenvalue weighted by atomic mass is 16.5. The molecule has 1 N–H and O–H groups in total. The predicted octanol–water partition coefficient (Wildman–Crippen LogP) is 1.49. The fourth-order valence-corrected chi connectivity index (χ4v) is 2.22. The number of piperidine rings is 1. The highest BCUT2D eigenvalue weighted by Crippen LogP contribution is 2.15. The van der Waals surface area contributed by atoms with Gasteiger partial charge in [0.25, 0.3) is 0 Å². The van der Waals surface area contributed by atoms with Gasteiger partial charge >= 0.3 is 0 Å². The quantitative estimate of drug-likeness (QED) is 0.725. The number of likely N-dealkylation sites (tertiary alicyclic amines) is 1. The Morgan fingerprint density at radius 2 is 2.27 bits per heavy atom. The maximum atomic E-state index is 5.71. The van der Waals surface area contributed by atoms with Gasteiger partial charge in [-0.25, -0.2) is 0 Å². The summed E-state index contributed by atoms with van der Waals surface area (Å²) >= 11 is 0. The molecule has 0 aromatic heterocycles. The first-order valence-corrected chi connectivity index (χ1v) is 6.34. The van der Waals surface area contributed by atoms with Gasteiger partial charge in [-0.1, -0.05) is 6.92 Å². The molecular weight excluding hydrogens is 188 g/mol. The molecule has 0 aliphatic carbocycles. The van der Waals surface area contributed by atoms with Crippen LogP contribution in [-0.4, -0.2) is 49.8 Å². The van der Waals surface area contributed by atoms with Gasteiger partial charge in [0.05, 0.1) is 6.10 Å². The maximum Gasteiger partial charge on any atom is 0.0702 e. The summed E-state index contributed by atoms with van der Waals surface area (Å²) in [5.41, 5.74) is 0. The van der Waals surface area contributed by atoms with Crippen molar-refractivity contribution in [1.82, 2.24) is 10.2 Å². The van der Waals surface area contributed by atoms with E-state index in [9.17, 15) is 0 Å². The lowest BCUT2D eigenvalue weighted by molar-refractivity contribution is -0.00480. The number of hydrogen-bond donors (Lipinski definition) is 1. The highest BCUT2D eigenvalue weighted by molar-refractivity contribution is 4.78. The summed E-state index contributed by atoms with van der Waals surface area (Å²) in [4.78, 5) is 2.55. The molecular formula is C12H26N2O. The Bertz CT molecular complexity index is 162. The summed E-state index contributed by atoms with van der Waals surface area (Å²) in [6.07, 6.45) is 2.98. The number of hydrogen-bond acceptors (Lipinski definition) is 3. The monoisotopic (exact) mass is 214 g/mol. The van der Waals surface area contributed by atoms with Gasteiger partial charge in [-0.3, -0.25) is 4.90 Å². The van der Waals surface area contributed by atoms with E-state index in [-0.39, 0.29) is 0 Å². The minimum Gasteiger partial charge on any atom is -0.377 e. The van der Waals surface area contributed by atoms with Crippen LogP contribution in [0.3, 0.4) is 0 Å². The largest absolute Gasteiger partial charge is 0.377 e. The molecule has 90 valence electrons. The first-order valence-electron chi connectivity index (χ1n) is 6.34. The maximum absolute atomic E-state index is 5.71. The molecule has 1 aliphatic heterocycles. The van der Waals surface area contributed by atoms with Gasteiger partial charge in [-0.15, -0.1) is 0 Å². The van der Waals surface area contributed by atoms with Crippen LogP contribution in [0.15, 0.2) is 0 Å². The Morgan fingerprint density at radius 1 is 1.47 bits per heavy atom. The van der Waals surface area contributed by atoms with Crippen LogP contribution in [0.2, 0.25) is 0 Å². The molecule has 15 heavy (non-hydrogen) atoms. The molecule has 1 heterocycles. The van der Waals surface area contributed by atoms with Gasteiger partial charge in [-0.2, -0.15) is 0 Å². The number of likely N-dealkylation sites (N-methyl/N-ethyl adjacent to an activating group) is 1. The molecule has 3 heteroatoms. The number of nitrogens with zero attached hydrogens (tertiary/aromatic N) is 1. The Balaban J connectivity index is 2.27. The zero-order chi connectivity index (χ0) is 11.1. The summed E-state index contributed by atoms with van der Waals surface area (Å²) in [7, 11) is 0. The van der Waals surface area contributed by atoms with Gasteiger partial charge in [0.15, 0.2) is 0 Å². The standard InChI is InChI=1S/C12H26N2O/c1-4-13-9-11(3)14-8-6-7-12(10-14)15-5-2/h11-13H,4-10H2,1-3H3. The number of rotatable bonds is 6. The van der Waals surface area contributed by atoms with Crippen LogP contribution in [0.1, 0.15) is 33.6 Å². The summed E-state index contributed by atoms with van der Waals surface area (Å²) in [5.74, 6) is 0. The third kappa shape index (κ3) is 4.49. The first kappa shape index (κ1) is 12.9. The van der Waals surface area contributed by atoms with Crippen LogP contribution in [0.25, 0.3) is 0 Å². The Labute approximate surface area is 94.2 Å². The Kier molecular flexibility index (Phi) is 6.22. The summed E-state index contributed by atoms with van der Waals surface area (Å²) in [6, 6.07) is 0.633. The zero-order valence-corrected chi connectivity index (χ0v) is 10.5. The van der Waals surface area contributed by atoms with Crippen LogP contribution in [0.5, 0.6) is 0 Å². The van der Waals surface area contributed by atoms with E-state index in [0.29, 0.717) is 12.1 Å². The molecule has 0 aromatic carbocycles. The van der Waals surface area contributed by atoms with Crippen molar-refractivity contribution in [3.05, 3.63) is 0 Å². The molecule has 0 radical (unpaired) electrons. The van der Waals surface area contributed by atoms with Crippen molar-refractivity contribution in [2.75, 3.05) is 32.8 Å². The Morgan fingerprint density at radius 3 is 2.93 bits per heavy atom. The molecule has 0 aromatic rings. The third-order valence-electron chi connectivity index (χ3n) is 3.13. The van der Waals surface area contributed by atoms with Gasteiger partial charge < -0.3 is 10.1 Å². The normalized spacial score (nSPS) is 25.4. The smallest absolute Gasteiger partial charge is 0.0702 e. The number of ether oxygens (including phenoxy) is 1. The van der Waals surface area contributed by atoms with Crippen molar-refractivity contribution in [2.45, 2.75) is 45.8 Å². The summed E-state index contributed by atoms with van der Waals surface area (Å²) in [5, 5.41) is 3.41. The summed E-state index contributed by atoms with van der Waals surface area (Å²) in [6.45, 7) is 11.9. The molecule has 0 amide bonds. The SMILES string of the molecule is CCNCC(C)N1CCCC(OCC)C1. The van der Waals surface area contributed by atoms with Crippen LogP contribution in [0, 0.1) is 0 Å². The first-order chi connectivity index (χ1) is 7.27. The molecule has 0 bridgehead atoms. The minimum atomic E-state index is 0.466. The van der Waals surface area contributed by atoms with Gasteiger partial charge in [0.2, 0.25) is 0 Å². The van der Waals surface area contributed by atoms with Crippen molar-refractivity contribution in [2.24, 2.45) is 0 Å². The lowest BCUT2D eigenvalue weighted by Gasteiger charge is -2.36. The van der Waals surface area contributed by atoms with E-state index in [1.807, 2.05) is 0 Å². The summed E-state index contributed by atoms with van der Waals surface area (Å²) < 4.78 is 5.71. The van der Waals surface area contributed by atoms with Crippen molar-refractivity contribution in [3.63, 3.8) is 0 Å². The Hall–Kier alpha value is -0.120. The van der Waals surface area contributed by atoms with Crippen LogP contribution < -0.4 is 5.32 Å². The molecule has 2 unspecified atom stereocenters. The predicted molar refractivity (Wildman–Crippen MR) is 64.2 cm³/mol. The van der Waals surface area contributed by atoms with E-state index in [2.05, 4.69) is 31.0 Å². The van der Waals surface area contributed by atoms with Gasteiger partial charge in [0.1, 0.15) is 0 Å². The second-order valence-corrected chi connectivity index (χ2v) is 4.37. The lowest BCUT2D eigenvalue weighted by atomic mass is 10.1. The molecule has 0 saturated carbocycles. The van der Waals surface area contributed by atoms with E-state index < -0.39 is 0 Å². The van der Waals surface area contributed by atoms with Crippen molar-refractivity contribution in [1.29, 1.82) is 0 Å². The second-order valence-electron chi connectivity index (χ2n) is 4.37. The van der Waals surface area contributed by atoms with E-state index in [0.717, 1.165) is 26.2 Å². The van der Waals surface area contributed by atoms with Crippen molar-refractivity contribution in [3.8, 4) is 0 Å². The van der Waals surface area contributed by atoms with E-state index in [1.165, 1.54) is 19.4 Å². The topological polar surface area (TPSA) is 24.5 Å². The molecule has 0 spiro atoms. The zero-order valence-electron chi connectivity index (χ0n) is 10.5. The fraction of sp³-hybridized carbons (Fsp3) is 1.00. The fourth-order valence-electron chi connectivity index (χ4n) is 2.22. The molecule has 1 rings (SSSR count).